The van der Waals surface area contributed by atoms with E-state index in [1.165, 1.54) is 57.8 Å². The number of aliphatic hydroxyl groups is 1. The average Bonchev–Trinajstić information content (AvgIpc) is 2.83. The van der Waals surface area contributed by atoms with Crippen molar-refractivity contribution in [3.8, 4) is 0 Å². The summed E-state index contributed by atoms with van der Waals surface area (Å²) >= 11 is 0. The van der Waals surface area contributed by atoms with Crippen molar-refractivity contribution >= 4 is 6.72 Å². The second kappa shape index (κ2) is 9.84. The molecule has 4 aliphatic carbocycles. The van der Waals surface area contributed by atoms with Crippen molar-refractivity contribution in [2.45, 2.75) is 126 Å². The Morgan fingerprint density at radius 1 is 0.857 bits per heavy atom. The zero-order valence-corrected chi connectivity index (χ0v) is 24.3. The standard InChI is InChI=1S/C30H53NO2.CH3N/c1-9-20(10-2)25-21-11-12-23-28(6)15-14-24(31-33)26(3,4)22(28)13-16-30(23,8)29(21,7)18-17-27(25,5)19-32;1-2/h20-25,32H,9-19H2,1-8H3;2H,1H2/t21?,22?,23?,24?,25?,27?,28?,29-,30?;/m1./s1. The second-order valence-corrected chi connectivity index (χ2v) is 14.6. The van der Waals surface area contributed by atoms with Crippen LogP contribution in [0.1, 0.15) is 120 Å². The van der Waals surface area contributed by atoms with Gasteiger partial charge < -0.3 is 10.5 Å². The molecule has 202 valence electrons. The van der Waals surface area contributed by atoms with Crippen LogP contribution in [0.5, 0.6) is 0 Å². The Morgan fingerprint density at radius 2 is 1.49 bits per heavy atom. The van der Waals surface area contributed by atoms with Crippen molar-refractivity contribution in [3.63, 3.8) is 0 Å². The summed E-state index contributed by atoms with van der Waals surface area (Å²) in [5.74, 6) is 3.40. The van der Waals surface area contributed by atoms with Gasteiger partial charge in [-0.1, -0.05) is 73.4 Å². The van der Waals surface area contributed by atoms with Gasteiger partial charge in [0.15, 0.2) is 0 Å². The van der Waals surface area contributed by atoms with Gasteiger partial charge >= 0.3 is 0 Å². The van der Waals surface area contributed by atoms with Crippen LogP contribution in [0, 0.1) is 67.0 Å². The molecular weight excluding hydrogens is 432 g/mol. The first-order valence-electron chi connectivity index (χ1n) is 14.7. The predicted octanol–water partition coefficient (Wildman–Crippen LogP) is 8.51. The molecule has 0 amide bonds. The van der Waals surface area contributed by atoms with Crippen LogP contribution in [0.25, 0.3) is 0 Å². The maximum absolute atomic E-state index is 11.7. The highest BCUT2D eigenvalue weighted by Crippen LogP contribution is 2.76. The fourth-order valence-electron chi connectivity index (χ4n) is 11.3. The van der Waals surface area contributed by atoms with E-state index in [2.05, 4.69) is 67.3 Å². The summed E-state index contributed by atoms with van der Waals surface area (Å²) < 4.78 is 0. The molecule has 0 aliphatic heterocycles. The average molecular weight is 489 g/mol. The maximum atomic E-state index is 11.7. The largest absolute Gasteiger partial charge is 0.396 e. The second-order valence-electron chi connectivity index (χ2n) is 14.6. The highest BCUT2D eigenvalue weighted by atomic mass is 16.3. The predicted molar refractivity (Wildman–Crippen MR) is 148 cm³/mol. The fourth-order valence-corrected chi connectivity index (χ4v) is 11.3. The molecule has 0 radical (unpaired) electrons. The Morgan fingerprint density at radius 3 is 2.03 bits per heavy atom. The first-order valence-corrected chi connectivity index (χ1v) is 14.7. The molecule has 0 aromatic heterocycles. The van der Waals surface area contributed by atoms with Crippen LogP contribution < -0.4 is 0 Å². The number of fused-ring (bicyclic) bond motifs is 5. The summed E-state index contributed by atoms with van der Waals surface area (Å²) in [5, 5.41) is 19.7. The molecule has 4 heteroatoms. The Kier molecular flexibility index (Phi) is 8.10. The number of aliphatic hydroxyl groups excluding tert-OH is 1. The molecule has 0 aromatic rings. The summed E-state index contributed by atoms with van der Waals surface area (Å²) in [5.41, 5.74) is 1.08. The van der Waals surface area contributed by atoms with Gasteiger partial charge in [-0.3, -0.25) is 0 Å². The van der Waals surface area contributed by atoms with Gasteiger partial charge in [-0.15, -0.1) is 0 Å². The molecule has 8 unspecified atom stereocenters. The van der Waals surface area contributed by atoms with Crippen molar-refractivity contribution in [2.24, 2.45) is 61.8 Å². The molecule has 4 nitrogen and oxygen atoms in total. The van der Waals surface area contributed by atoms with Gasteiger partial charge in [0.2, 0.25) is 0 Å². The van der Waals surface area contributed by atoms with Crippen LogP contribution in [0.15, 0.2) is 5.18 Å². The molecule has 4 saturated carbocycles. The van der Waals surface area contributed by atoms with E-state index in [1.54, 1.807) is 0 Å². The van der Waals surface area contributed by atoms with E-state index in [-0.39, 0.29) is 16.9 Å². The molecule has 2 N–H and O–H groups in total. The minimum atomic E-state index is -0.0222. The quantitative estimate of drug-likeness (QED) is 0.301. The lowest BCUT2D eigenvalue weighted by molar-refractivity contribution is -0.245. The van der Waals surface area contributed by atoms with Gasteiger partial charge in [0.05, 0.1) is 6.04 Å². The third-order valence-corrected chi connectivity index (χ3v) is 13.4. The molecular formula is C31H56N2O2. The SMILES string of the molecule is C=N.CCC(CC)C1C2CCC3C4(C)CCC(N=O)C(C)(C)C4CCC3(C)[C@]2(C)CCC1(C)CO. The van der Waals surface area contributed by atoms with Gasteiger partial charge in [0.1, 0.15) is 0 Å². The molecule has 9 atom stereocenters. The van der Waals surface area contributed by atoms with Gasteiger partial charge in [0, 0.05) is 6.61 Å². The molecule has 0 saturated heterocycles. The van der Waals surface area contributed by atoms with Crippen molar-refractivity contribution in [1.29, 1.82) is 5.41 Å². The number of hydrogen-bond donors (Lipinski definition) is 2. The highest BCUT2D eigenvalue weighted by molar-refractivity contribution is 5.18. The lowest BCUT2D eigenvalue weighted by Crippen LogP contribution is -2.67. The van der Waals surface area contributed by atoms with E-state index >= 15 is 0 Å². The third-order valence-electron chi connectivity index (χ3n) is 13.4. The number of rotatable bonds is 5. The Hall–Kier alpha value is -0.770. The van der Waals surface area contributed by atoms with Crippen LogP contribution in [0.4, 0.5) is 0 Å². The Labute approximate surface area is 216 Å². The maximum Gasteiger partial charge on any atom is 0.0973 e. The van der Waals surface area contributed by atoms with E-state index < -0.39 is 0 Å². The summed E-state index contributed by atoms with van der Waals surface area (Å²) in [6, 6.07) is -0.0222. The van der Waals surface area contributed by atoms with Gasteiger partial charge in [-0.25, -0.2) is 0 Å². The molecule has 0 heterocycles. The summed E-state index contributed by atoms with van der Waals surface area (Å²) in [6.07, 6.45) is 12.2. The molecule has 0 spiro atoms. The number of nitrogens with zero attached hydrogens (tertiary/aromatic N) is 1. The van der Waals surface area contributed by atoms with Gasteiger partial charge in [-0.05, 0) is 115 Å². The van der Waals surface area contributed by atoms with Gasteiger partial charge in [0.25, 0.3) is 0 Å². The Bertz CT molecular complexity index is 765. The summed E-state index contributed by atoms with van der Waals surface area (Å²) in [6.45, 7) is 22.6. The van der Waals surface area contributed by atoms with Crippen LogP contribution >= 0.6 is 0 Å². The topological polar surface area (TPSA) is 73.5 Å². The zero-order valence-electron chi connectivity index (χ0n) is 24.3. The van der Waals surface area contributed by atoms with Crippen LogP contribution in [-0.2, 0) is 0 Å². The minimum absolute atomic E-state index is 0.00785. The third kappa shape index (κ3) is 3.89. The van der Waals surface area contributed by atoms with Crippen LogP contribution in [-0.4, -0.2) is 24.5 Å². The molecule has 4 aliphatic rings. The number of hydrogen-bond acceptors (Lipinski definition) is 4. The molecule has 0 bridgehead atoms. The van der Waals surface area contributed by atoms with E-state index in [0.717, 1.165) is 18.3 Å². The summed E-state index contributed by atoms with van der Waals surface area (Å²) in [7, 11) is 0. The normalized spacial score (nSPS) is 48.6. The lowest BCUT2D eigenvalue weighted by Gasteiger charge is -2.73. The number of nitrogens with one attached hydrogen (secondary N) is 1. The molecule has 4 fully saturated rings. The van der Waals surface area contributed by atoms with Crippen LogP contribution in [0.3, 0.4) is 0 Å². The van der Waals surface area contributed by atoms with Crippen molar-refractivity contribution in [2.75, 3.05) is 6.61 Å². The molecule has 4 rings (SSSR count). The first-order chi connectivity index (χ1) is 16.4. The molecule has 35 heavy (non-hydrogen) atoms. The van der Waals surface area contributed by atoms with Crippen molar-refractivity contribution in [3.05, 3.63) is 4.91 Å². The van der Waals surface area contributed by atoms with E-state index in [1.807, 2.05) is 0 Å². The van der Waals surface area contributed by atoms with Gasteiger partial charge in [-0.2, -0.15) is 4.91 Å². The van der Waals surface area contributed by atoms with E-state index in [9.17, 15) is 10.0 Å². The lowest BCUT2D eigenvalue weighted by atomic mass is 9.32. The smallest absolute Gasteiger partial charge is 0.0973 e. The zero-order chi connectivity index (χ0) is 26.4. The van der Waals surface area contributed by atoms with Crippen molar-refractivity contribution in [1.82, 2.24) is 0 Å². The van der Waals surface area contributed by atoms with E-state index in [4.69, 9.17) is 5.41 Å². The van der Waals surface area contributed by atoms with Crippen LogP contribution in [0.2, 0.25) is 0 Å². The van der Waals surface area contributed by atoms with Crippen molar-refractivity contribution < 1.29 is 5.11 Å². The summed E-state index contributed by atoms with van der Waals surface area (Å²) in [4.78, 5) is 11.7. The highest BCUT2D eigenvalue weighted by Gasteiger charge is 2.69. The monoisotopic (exact) mass is 488 g/mol. The first kappa shape index (κ1) is 28.8. The fraction of sp³-hybridized carbons (Fsp3) is 0.968. The minimum Gasteiger partial charge on any atom is -0.396 e. The van der Waals surface area contributed by atoms with E-state index in [0.29, 0.717) is 40.6 Å². The molecule has 0 aromatic carbocycles. The number of nitroso groups, excluding NO2 is 1. The Balaban J connectivity index is 0.00000167.